The van der Waals surface area contributed by atoms with E-state index in [0.29, 0.717) is 0 Å². The van der Waals surface area contributed by atoms with Gasteiger partial charge in [-0.25, -0.2) is 13.2 Å². The molecule has 5 nitrogen and oxygen atoms in total. The van der Waals surface area contributed by atoms with Gasteiger partial charge >= 0.3 is 0 Å². The summed E-state index contributed by atoms with van der Waals surface area (Å²) in [6.45, 7) is 0. The molecule has 0 aliphatic carbocycles. The number of benzene rings is 2. The van der Waals surface area contributed by atoms with Gasteiger partial charge in [0.25, 0.3) is 11.8 Å². The topological polar surface area (TPSA) is 71.1 Å². The number of carbonyl (C=O) groups excluding carboxylic acids is 2. The second-order valence-corrected chi connectivity index (χ2v) is 5.45. The van der Waals surface area contributed by atoms with Gasteiger partial charge in [0.1, 0.15) is 23.1 Å². The number of halogens is 3. The van der Waals surface area contributed by atoms with Crippen molar-refractivity contribution in [1.82, 2.24) is 4.98 Å². The van der Waals surface area contributed by atoms with Crippen molar-refractivity contribution < 1.29 is 22.8 Å². The molecular weight excluding hydrogens is 359 g/mol. The lowest BCUT2D eigenvalue weighted by Gasteiger charge is -2.09. The molecule has 0 atom stereocenters. The summed E-state index contributed by atoms with van der Waals surface area (Å²) in [6, 6.07) is 9.90. The van der Waals surface area contributed by atoms with Gasteiger partial charge in [-0.2, -0.15) is 0 Å². The van der Waals surface area contributed by atoms with Crippen LogP contribution in [0.2, 0.25) is 0 Å². The lowest BCUT2D eigenvalue weighted by atomic mass is 10.1. The van der Waals surface area contributed by atoms with Gasteiger partial charge in [-0.3, -0.25) is 14.6 Å². The zero-order valence-electron chi connectivity index (χ0n) is 13.7. The maximum atomic E-state index is 13.6. The van der Waals surface area contributed by atoms with Gasteiger partial charge < -0.3 is 10.6 Å². The van der Waals surface area contributed by atoms with Crippen molar-refractivity contribution >= 4 is 23.2 Å². The molecule has 2 N–H and O–H groups in total. The summed E-state index contributed by atoms with van der Waals surface area (Å²) in [4.78, 5) is 28.2. The monoisotopic (exact) mass is 371 g/mol. The van der Waals surface area contributed by atoms with Gasteiger partial charge in [0.05, 0.1) is 16.8 Å². The van der Waals surface area contributed by atoms with Crippen molar-refractivity contribution in [3.05, 3.63) is 89.5 Å². The first-order valence-corrected chi connectivity index (χ1v) is 7.72. The number of anilines is 2. The van der Waals surface area contributed by atoms with Gasteiger partial charge in [0.15, 0.2) is 0 Å². The minimum atomic E-state index is -0.940. The zero-order chi connectivity index (χ0) is 19.4. The van der Waals surface area contributed by atoms with Crippen LogP contribution in [0.15, 0.2) is 60.9 Å². The Hall–Kier alpha value is -3.68. The van der Waals surface area contributed by atoms with E-state index in [9.17, 15) is 22.8 Å². The van der Waals surface area contributed by atoms with Crippen LogP contribution in [0.25, 0.3) is 0 Å². The molecule has 3 aromatic rings. The third kappa shape index (κ3) is 4.12. The lowest BCUT2D eigenvalue weighted by molar-refractivity contribution is 0.102. The van der Waals surface area contributed by atoms with Crippen LogP contribution in [0.1, 0.15) is 20.7 Å². The maximum Gasteiger partial charge on any atom is 0.257 e. The average molecular weight is 371 g/mol. The second-order valence-electron chi connectivity index (χ2n) is 5.45. The van der Waals surface area contributed by atoms with E-state index in [4.69, 9.17) is 0 Å². The summed E-state index contributed by atoms with van der Waals surface area (Å²) in [5.41, 5.74) is -0.770. The summed E-state index contributed by atoms with van der Waals surface area (Å²) in [5, 5.41) is 4.45. The van der Waals surface area contributed by atoms with E-state index in [0.717, 1.165) is 24.4 Å². The second kappa shape index (κ2) is 7.69. The minimum absolute atomic E-state index is 0.0279. The van der Waals surface area contributed by atoms with Gasteiger partial charge in [-0.1, -0.05) is 18.2 Å². The van der Waals surface area contributed by atoms with Crippen LogP contribution in [0.5, 0.6) is 0 Å². The molecule has 1 aromatic heterocycles. The highest BCUT2D eigenvalue weighted by Gasteiger charge is 2.16. The van der Waals surface area contributed by atoms with Crippen molar-refractivity contribution in [2.45, 2.75) is 0 Å². The fraction of sp³-hybridized carbons (Fsp3) is 0. The quantitative estimate of drug-likeness (QED) is 0.728. The third-order valence-electron chi connectivity index (χ3n) is 3.59. The van der Waals surface area contributed by atoms with Crippen LogP contribution >= 0.6 is 0 Å². The maximum absolute atomic E-state index is 13.6. The van der Waals surface area contributed by atoms with Crippen LogP contribution in [-0.2, 0) is 0 Å². The van der Waals surface area contributed by atoms with Gasteiger partial charge in [0, 0.05) is 12.4 Å². The highest BCUT2D eigenvalue weighted by atomic mass is 19.1. The smallest absolute Gasteiger partial charge is 0.257 e. The largest absolute Gasteiger partial charge is 0.319 e. The number of nitrogens with one attached hydrogen (secondary N) is 2. The van der Waals surface area contributed by atoms with E-state index < -0.39 is 35.0 Å². The van der Waals surface area contributed by atoms with Crippen LogP contribution in [0.4, 0.5) is 24.5 Å². The Labute approximate surface area is 151 Å². The van der Waals surface area contributed by atoms with Crippen LogP contribution in [-0.4, -0.2) is 16.8 Å². The Morgan fingerprint density at radius 2 is 1.30 bits per heavy atom. The van der Waals surface area contributed by atoms with Gasteiger partial charge in [0.2, 0.25) is 0 Å². The Morgan fingerprint density at radius 1 is 0.741 bits per heavy atom. The van der Waals surface area contributed by atoms with Crippen molar-refractivity contribution in [2.75, 3.05) is 10.6 Å². The molecule has 0 radical (unpaired) electrons. The van der Waals surface area contributed by atoms with E-state index in [2.05, 4.69) is 15.6 Å². The van der Waals surface area contributed by atoms with E-state index in [1.54, 1.807) is 6.07 Å². The Balaban J connectivity index is 1.80. The van der Waals surface area contributed by atoms with Gasteiger partial charge in [-0.15, -0.1) is 0 Å². The van der Waals surface area contributed by atoms with Crippen molar-refractivity contribution in [3.63, 3.8) is 0 Å². The number of para-hydroxylation sites is 2. The molecule has 0 bridgehead atoms. The molecule has 2 amide bonds. The first-order valence-electron chi connectivity index (χ1n) is 7.72. The molecule has 27 heavy (non-hydrogen) atoms. The molecule has 0 unspecified atom stereocenters. The fourth-order valence-corrected chi connectivity index (χ4v) is 2.25. The zero-order valence-corrected chi connectivity index (χ0v) is 13.7. The first kappa shape index (κ1) is 18.1. The molecule has 0 saturated heterocycles. The number of hydrogen-bond donors (Lipinski definition) is 2. The molecule has 0 spiro atoms. The van der Waals surface area contributed by atoms with Crippen LogP contribution < -0.4 is 10.6 Å². The number of aromatic nitrogens is 1. The molecule has 1 heterocycles. The van der Waals surface area contributed by atoms with E-state index in [-0.39, 0.29) is 16.8 Å². The van der Waals surface area contributed by atoms with Crippen LogP contribution in [0.3, 0.4) is 0 Å². The van der Waals surface area contributed by atoms with E-state index >= 15 is 0 Å². The summed E-state index contributed by atoms with van der Waals surface area (Å²) in [7, 11) is 0. The highest BCUT2D eigenvalue weighted by Crippen LogP contribution is 2.19. The summed E-state index contributed by atoms with van der Waals surface area (Å²) < 4.78 is 40.9. The SMILES string of the molecule is O=C(Nc1ccccc1F)c1cncc(C(=O)Nc2c(F)cccc2F)c1. The number of carbonyl (C=O) groups is 2. The molecule has 3 rings (SSSR count). The summed E-state index contributed by atoms with van der Waals surface area (Å²) >= 11 is 0. The van der Waals surface area contributed by atoms with Crippen LogP contribution in [0, 0.1) is 17.5 Å². The standard InChI is InChI=1S/C19H12F3N3O2/c20-13-4-1-2-7-16(13)24-18(26)11-8-12(10-23-9-11)19(27)25-17-14(21)5-3-6-15(17)22/h1-10H,(H,24,26)(H,25,27). The fourth-order valence-electron chi connectivity index (χ4n) is 2.25. The van der Waals surface area contributed by atoms with Gasteiger partial charge in [-0.05, 0) is 30.3 Å². The lowest BCUT2D eigenvalue weighted by Crippen LogP contribution is -2.17. The molecular formula is C19H12F3N3O2. The third-order valence-corrected chi connectivity index (χ3v) is 3.59. The number of hydrogen-bond acceptors (Lipinski definition) is 3. The molecule has 0 aliphatic heterocycles. The summed E-state index contributed by atoms with van der Waals surface area (Å²) in [6.07, 6.45) is 2.31. The predicted octanol–water partition coefficient (Wildman–Crippen LogP) is 4.00. The van der Waals surface area contributed by atoms with Crippen molar-refractivity contribution in [1.29, 1.82) is 0 Å². The Kier molecular flexibility index (Phi) is 5.16. The number of nitrogens with zero attached hydrogens (tertiary/aromatic N) is 1. The molecule has 2 aromatic carbocycles. The molecule has 136 valence electrons. The van der Waals surface area contributed by atoms with Crippen molar-refractivity contribution in [3.8, 4) is 0 Å². The molecule has 8 heteroatoms. The Morgan fingerprint density at radius 3 is 1.93 bits per heavy atom. The predicted molar refractivity (Wildman–Crippen MR) is 92.9 cm³/mol. The molecule has 0 saturated carbocycles. The molecule has 0 aliphatic rings. The number of pyridine rings is 1. The minimum Gasteiger partial charge on any atom is -0.319 e. The number of amides is 2. The highest BCUT2D eigenvalue weighted by molar-refractivity contribution is 6.08. The Bertz CT molecular complexity index is 1000. The first-order chi connectivity index (χ1) is 13.0. The van der Waals surface area contributed by atoms with E-state index in [1.165, 1.54) is 30.5 Å². The van der Waals surface area contributed by atoms with Crippen molar-refractivity contribution in [2.24, 2.45) is 0 Å². The normalized spacial score (nSPS) is 10.3. The summed E-state index contributed by atoms with van der Waals surface area (Å²) in [5.74, 6) is -4.05. The molecule has 0 fully saturated rings. The van der Waals surface area contributed by atoms with E-state index in [1.807, 2.05) is 0 Å². The average Bonchev–Trinajstić information content (AvgIpc) is 2.66. The number of rotatable bonds is 4.